The first-order valence-corrected chi connectivity index (χ1v) is 10.1. The third-order valence-electron chi connectivity index (χ3n) is 4.25. The van der Waals surface area contributed by atoms with E-state index in [4.69, 9.17) is 4.74 Å². The molecule has 0 aliphatic rings. The second kappa shape index (κ2) is 16.9. The highest BCUT2D eigenvalue weighted by molar-refractivity contribution is 5.87. The molecule has 0 unspecified atom stereocenters. The average Bonchev–Trinajstić information content (AvgIpc) is 2.54. The number of carbonyl (C=O) groups is 1. The van der Waals surface area contributed by atoms with E-state index in [1.807, 2.05) is 19.0 Å². The molecular weight excluding hydrogens is 298 g/mol. The molecule has 0 saturated carbocycles. The summed E-state index contributed by atoms with van der Waals surface area (Å²) in [7, 11) is 3.81. The molecule has 0 amide bonds. The molecule has 0 aromatic carbocycles. The van der Waals surface area contributed by atoms with Crippen LogP contribution in [0.5, 0.6) is 0 Å². The van der Waals surface area contributed by atoms with E-state index < -0.39 is 0 Å². The van der Waals surface area contributed by atoms with Crippen LogP contribution in [0.25, 0.3) is 0 Å². The summed E-state index contributed by atoms with van der Waals surface area (Å²) in [6.07, 6.45) is 19.1. The van der Waals surface area contributed by atoms with Crippen molar-refractivity contribution in [2.24, 2.45) is 0 Å². The summed E-state index contributed by atoms with van der Waals surface area (Å²) < 4.78 is 5.27. The zero-order valence-corrected chi connectivity index (χ0v) is 16.7. The summed E-state index contributed by atoms with van der Waals surface area (Å²) in [4.78, 5) is 13.5. The third-order valence-corrected chi connectivity index (χ3v) is 4.25. The number of rotatable bonds is 16. The van der Waals surface area contributed by atoms with Crippen molar-refractivity contribution in [3.05, 3.63) is 11.8 Å². The van der Waals surface area contributed by atoms with E-state index in [1.165, 1.54) is 77.0 Å². The number of hydrogen-bond acceptors (Lipinski definition) is 3. The van der Waals surface area contributed by atoms with Gasteiger partial charge in [0.1, 0.15) is 0 Å². The highest BCUT2D eigenvalue weighted by atomic mass is 16.5. The van der Waals surface area contributed by atoms with Crippen LogP contribution in [-0.4, -0.2) is 31.6 Å². The quantitative estimate of drug-likeness (QED) is 0.194. The molecule has 0 aliphatic carbocycles. The number of carbonyl (C=O) groups excluding carboxylic acids is 1. The van der Waals surface area contributed by atoms with Crippen LogP contribution >= 0.6 is 0 Å². The lowest BCUT2D eigenvalue weighted by Gasteiger charge is -2.08. The molecule has 0 aromatic rings. The fraction of sp³-hybridized carbons (Fsp3) is 0.857. The fourth-order valence-corrected chi connectivity index (χ4v) is 2.84. The SMILES string of the molecule is CCCCCCCCCCCCCCCOC(=O)/C(C)=C/N(C)C. The van der Waals surface area contributed by atoms with E-state index in [0.29, 0.717) is 12.2 Å². The summed E-state index contributed by atoms with van der Waals surface area (Å²) in [5.74, 6) is -0.192. The minimum Gasteiger partial charge on any atom is -0.462 e. The maximum atomic E-state index is 11.7. The van der Waals surface area contributed by atoms with Crippen LogP contribution in [0.2, 0.25) is 0 Å². The van der Waals surface area contributed by atoms with Gasteiger partial charge >= 0.3 is 5.97 Å². The van der Waals surface area contributed by atoms with Gasteiger partial charge in [-0.2, -0.15) is 0 Å². The van der Waals surface area contributed by atoms with E-state index in [1.54, 1.807) is 13.1 Å². The summed E-state index contributed by atoms with van der Waals surface area (Å²) in [6.45, 7) is 4.62. The molecule has 0 N–H and O–H groups in total. The molecule has 0 spiro atoms. The van der Waals surface area contributed by atoms with Crippen molar-refractivity contribution in [2.75, 3.05) is 20.7 Å². The number of nitrogens with zero attached hydrogens (tertiary/aromatic N) is 1. The highest BCUT2D eigenvalue weighted by Gasteiger charge is 2.05. The average molecular weight is 340 g/mol. The number of ether oxygens (including phenoxy) is 1. The van der Waals surface area contributed by atoms with E-state index in [-0.39, 0.29) is 5.97 Å². The molecule has 0 aromatic heterocycles. The molecule has 0 rings (SSSR count). The summed E-state index contributed by atoms with van der Waals surface area (Å²) in [5.41, 5.74) is 0.662. The topological polar surface area (TPSA) is 29.5 Å². The molecule has 3 nitrogen and oxygen atoms in total. The van der Waals surface area contributed by atoms with Gasteiger partial charge < -0.3 is 9.64 Å². The molecule has 0 bridgehead atoms. The molecule has 0 fully saturated rings. The second-order valence-electron chi connectivity index (χ2n) is 7.15. The van der Waals surface area contributed by atoms with Gasteiger partial charge in [0.25, 0.3) is 0 Å². The zero-order chi connectivity index (χ0) is 18.0. The fourth-order valence-electron chi connectivity index (χ4n) is 2.84. The molecule has 0 saturated heterocycles. The van der Waals surface area contributed by atoms with Gasteiger partial charge in [0, 0.05) is 25.9 Å². The van der Waals surface area contributed by atoms with Crippen LogP contribution in [-0.2, 0) is 9.53 Å². The van der Waals surface area contributed by atoms with Crippen molar-refractivity contribution in [1.29, 1.82) is 0 Å². The van der Waals surface area contributed by atoms with Gasteiger partial charge in [-0.15, -0.1) is 0 Å². The van der Waals surface area contributed by atoms with E-state index in [2.05, 4.69) is 6.92 Å². The minimum atomic E-state index is -0.192. The smallest absolute Gasteiger partial charge is 0.335 e. The Labute approximate surface area is 150 Å². The monoisotopic (exact) mass is 339 g/mol. The zero-order valence-electron chi connectivity index (χ0n) is 16.7. The third kappa shape index (κ3) is 15.9. The summed E-state index contributed by atoms with van der Waals surface area (Å²) >= 11 is 0. The first-order chi connectivity index (χ1) is 11.6. The first kappa shape index (κ1) is 23.0. The van der Waals surface area contributed by atoms with Crippen LogP contribution in [0.1, 0.15) is 97.3 Å². The Morgan fingerprint density at radius 3 is 1.62 bits per heavy atom. The van der Waals surface area contributed by atoms with Crippen molar-refractivity contribution in [1.82, 2.24) is 4.90 Å². The Hall–Kier alpha value is -0.990. The highest BCUT2D eigenvalue weighted by Crippen LogP contribution is 2.12. The molecule has 24 heavy (non-hydrogen) atoms. The Kier molecular flexibility index (Phi) is 16.2. The van der Waals surface area contributed by atoms with Crippen LogP contribution in [0.4, 0.5) is 0 Å². The van der Waals surface area contributed by atoms with Gasteiger partial charge in [0.05, 0.1) is 6.61 Å². The lowest BCUT2D eigenvalue weighted by molar-refractivity contribution is -0.139. The lowest BCUT2D eigenvalue weighted by Crippen LogP contribution is -2.11. The predicted octanol–water partition coefficient (Wildman–Crippen LogP) is 6.09. The Morgan fingerprint density at radius 1 is 0.792 bits per heavy atom. The van der Waals surface area contributed by atoms with Crippen molar-refractivity contribution < 1.29 is 9.53 Å². The van der Waals surface area contributed by atoms with Gasteiger partial charge in [0.15, 0.2) is 0 Å². The first-order valence-electron chi connectivity index (χ1n) is 10.1. The Bertz CT molecular complexity index is 324. The van der Waals surface area contributed by atoms with Crippen LogP contribution in [0.3, 0.4) is 0 Å². The van der Waals surface area contributed by atoms with E-state index >= 15 is 0 Å². The van der Waals surface area contributed by atoms with Crippen molar-refractivity contribution in [2.45, 2.75) is 97.3 Å². The van der Waals surface area contributed by atoms with Gasteiger partial charge in [-0.1, -0.05) is 84.0 Å². The van der Waals surface area contributed by atoms with E-state index in [9.17, 15) is 4.79 Å². The van der Waals surface area contributed by atoms with Gasteiger partial charge in [-0.3, -0.25) is 0 Å². The minimum absolute atomic E-state index is 0.192. The van der Waals surface area contributed by atoms with Gasteiger partial charge in [-0.05, 0) is 13.3 Å². The van der Waals surface area contributed by atoms with E-state index in [0.717, 1.165) is 6.42 Å². The molecular formula is C21H41NO2. The maximum absolute atomic E-state index is 11.7. The molecule has 0 aliphatic heterocycles. The normalized spacial score (nSPS) is 11.6. The summed E-state index contributed by atoms with van der Waals surface area (Å²) in [6, 6.07) is 0. The maximum Gasteiger partial charge on any atom is 0.335 e. The molecule has 3 heteroatoms. The van der Waals surface area contributed by atoms with Crippen LogP contribution in [0.15, 0.2) is 11.8 Å². The van der Waals surface area contributed by atoms with Gasteiger partial charge in [0.2, 0.25) is 0 Å². The molecule has 0 heterocycles. The standard InChI is InChI=1S/C21H41NO2/c1-5-6-7-8-9-10-11-12-13-14-15-16-17-18-24-21(23)20(2)19-22(3)4/h19H,5-18H2,1-4H3/b20-19+. The molecule has 0 radical (unpaired) electrons. The largest absolute Gasteiger partial charge is 0.462 e. The summed E-state index contributed by atoms with van der Waals surface area (Å²) in [5, 5.41) is 0. The Balaban J connectivity index is 3.27. The van der Waals surface area contributed by atoms with Gasteiger partial charge in [-0.25, -0.2) is 4.79 Å². The predicted molar refractivity (Wildman–Crippen MR) is 104 cm³/mol. The number of esters is 1. The number of hydrogen-bond donors (Lipinski definition) is 0. The Morgan fingerprint density at radius 2 is 1.21 bits per heavy atom. The van der Waals surface area contributed by atoms with Crippen LogP contribution in [0, 0.1) is 0 Å². The number of unbranched alkanes of at least 4 members (excludes halogenated alkanes) is 12. The molecule has 142 valence electrons. The van der Waals surface area contributed by atoms with Crippen molar-refractivity contribution in [3.8, 4) is 0 Å². The lowest BCUT2D eigenvalue weighted by atomic mass is 10.0. The van der Waals surface area contributed by atoms with Crippen LogP contribution < -0.4 is 0 Å². The van der Waals surface area contributed by atoms with Crippen molar-refractivity contribution in [3.63, 3.8) is 0 Å². The second-order valence-corrected chi connectivity index (χ2v) is 7.15. The van der Waals surface area contributed by atoms with Crippen molar-refractivity contribution >= 4 is 5.97 Å². The molecule has 0 atom stereocenters.